The van der Waals surface area contributed by atoms with Crippen molar-refractivity contribution in [2.75, 3.05) is 14.1 Å². The number of amides is 4. The van der Waals surface area contributed by atoms with Crippen LogP contribution in [0, 0.1) is 11.8 Å². The number of carbonyl (C=O) groups excluding carboxylic acids is 5. The summed E-state index contributed by atoms with van der Waals surface area (Å²) < 4.78 is 1.97. The Morgan fingerprint density at radius 3 is 2.73 bits per heavy atom. The summed E-state index contributed by atoms with van der Waals surface area (Å²) >= 11 is 0. The third-order valence-corrected chi connectivity index (χ3v) is 8.19. The van der Waals surface area contributed by atoms with Crippen LogP contribution in [-0.2, 0) is 43.5 Å². The number of aromatic amines is 1. The molecule has 1 aliphatic heterocycles. The van der Waals surface area contributed by atoms with E-state index in [-0.39, 0.29) is 42.9 Å². The van der Waals surface area contributed by atoms with Crippen molar-refractivity contribution < 1.29 is 24.0 Å². The highest BCUT2D eigenvalue weighted by Crippen LogP contribution is 2.38. The normalized spacial score (nSPS) is 21.4. The number of Topliss-reactive ketones (excluding diaryl/α,β-unsaturated/α-hetero) is 1. The van der Waals surface area contributed by atoms with Crippen LogP contribution >= 0.6 is 0 Å². The molecule has 3 unspecified atom stereocenters. The van der Waals surface area contributed by atoms with Crippen molar-refractivity contribution in [2.24, 2.45) is 11.8 Å². The van der Waals surface area contributed by atoms with Crippen LogP contribution in [0.25, 0.3) is 0 Å². The summed E-state index contributed by atoms with van der Waals surface area (Å²) in [5, 5.41) is 18.5. The van der Waals surface area contributed by atoms with Crippen molar-refractivity contribution in [2.45, 2.75) is 77.0 Å². The highest BCUT2D eigenvalue weighted by atomic mass is 16.2. The summed E-state index contributed by atoms with van der Waals surface area (Å²) in [5.74, 6) is -2.92. The Bertz CT molecular complexity index is 1260. The standard InChI is InChI=1S/C27H38N8O5/c1-5-15(2)24(34(4)22(38)11-21(37)28-3)27(40)31-19-7-6-16-8-9-35-14-17(10-20(36)23(19)25(16)35)26(39)29-12-18-13-30-33-32-18/h8-9,13,15,17,19,23-24H,5-7,10-12,14H2,1-4H3,(H,28,37)(H,29,39)(H,31,40)(H,30,32,33)/t15?,17-,19-,23?,24?/m0/s1. The summed E-state index contributed by atoms with van der Waals surface area (Å²) in [6, 6.07) is 0.703. The number of rotatable bonds is 10. The van der Waals surface area contributed by atoms with E-state index in [0.717, 1.165) is 11.3 Å². The lowest BCUT2D eigenvalue weighted by atomic mass is 9.79. The third-order valence-electron chi connectivity index (χ3n) is 8.19. The van der Waals surface area contributed by atoms with Gasteiger partial charge in [-0.05, 0) is 30.4 Å². The number of carbonyl (C=O) groups is 5. The summed E-state index contributed by atoms with van der Waals surface area (Å²) in [6.07, 6.45) is 5.07. The highest BCUT2D eigenvalue weighted by molar-refractivity contribution is 5.99. The van der Waals surface area contributed by atoms with Gasteiger partial charge in [-0.15, -0.1) is 5.10 Å². The summed E-state index contributed by atoms with van der Waals surface area (Å²) in [7, 11) is 2.99. The maximum Gasteiger partial charge on any atom is 0.243 e. The predicted molar refractivity (Wildman–Crippen MR) is 143 cm³/mol. The molecule has 40 heavy (non-hydrogen) atoms. The molecular formula is C27H38N8O5. The van der Waals surface area contributed by atoms with Gasteiger partial charge in [-0.25, -0.2) is 0 Å². The number of nitrogens with zero attached hydrogens (tertiary/aromatic N) is 4. The number of aromatic nitrogens is 4. The molecule has 3 heterocycles. The van der Waals surface area contributed by atoms with Gasteiger partial charge in [-0.1, -0.05) is 25.5 Å². The van der Waals surface area contributed by atoms with Crippen molar-refractivity contribution in [3.63, 3.8) is 0 Å². The number of aryl methyl sites for hydroxylation is 1. The van der Waals surface area contributed by atoms with E-state index in [9.17, 15) is 24.0 Å². The molecule has 0 fully saturated rings. The lowest BCUT2D eigenvalue weighted by Gasteiger charge is -2.36. The molecule has 0 bridgehead atoms. The topological polar surface area (TPSA) is 171 Å². The number of likely N-dealkylation sites (N-methyl/N-ethyl adjacent to an activating group) is 1. The van der Waals surface area contributed by atoms with Gasteiger partial charge < -0.3 is 25.4 Å². The van der Waals surface area contributed by atoms with Crippen molar-refractivity contribution in [3.05, 3.63) is 35.4 Å². The van der Waals surface area contributed by atoms with Crippen LogP contribution in [0.5, 0.6) is 0 Å². The second-order valence-corrected chi connectivity index (χ2v) is 10.7. The minimum absolute atomic E-state index is 0.0438. The number of hydrogen-bond acceptors (Lipinski definition) is 7. The van der Waals surface area contributed by atoms with Crippen LogP contribution in [0.4, 0.5) is 0 Å². The average molecular weight is 555 g/mol. The second-order valence-electron chi connectivity index (χ2n) is 10.7. The van der Waals surface area contributed by atoms with Gasteiger partial charge in [0.2, 0.25) is 23.6 Å². The molecule has 4 N–H and O–H groups in total. The minimum Gasteiger partial charge on any atom is -0.359 e. The van der Waals surface area contributed by atoms with Crippen LogP contribution < -0.4 is 16.0 Å². The Morgan fingerprint density at radius 2 is 2.05 bits per heavy atom. The molecule has 13 nitrogen and oxygen atoms in total. The second kappa shape index (κ2) is 12.4. The van der Waals surface area contributed by atoms with E-state index < -0.39 is 35.7 Å². The largest absolute Gasteiger partial charge is 0.359 e. The molecule has 2 aromatic rings. The van der Waals surface area contributed by atoms with Gasteiger partial charge in [0.25, 0.3) is 0 Å². The van der Waals surface area contributed by atoms with Crippen molar-refractivity contribution >= 4 is 29.4 Å². The molecular weight excluding hydrogens is 516 g/mol. The Morgan fingerprint density at radius 1 is 1.27 bits per heavy atom. The fourth-order valence-corrected chi connectivity index (χ4v) is 5.77. The Labute approximate surface area is 232 Å². The van der Waals surface area contributed by atoms with Gasteiger partial charge in [-0.3, -0.25) is 29.1 Å². The van der Waals surface area contributed by atoms with Crippen LogP contribution in [0.3, 0.4) is 0 Å². The first kappa shape index (κ1) is 29.0. The van der Waals surface area contributed by atoms with Crippen LogP contribution in [0.15, 0.2) is 18.5 Å². The van der Waals surface area contributed by atoms with E-state index in [0.29, 0.717) is 31.5 Å². The monoisotopic (exact) mass is 554 g/mol. The average Bonchev–Trinajstić information content (AvgIpc) is 3.58. The maximum atomic E-state index is 13.7. The van der Waals surface area contributed by atoms with Crippen LogP contribution in [-0.4, -0.2) is 80.5 Å². The van der Waals surface area contributed by atoms with E-state index in [1.807, 2.05) is 30.7 Å². The van der Waals surface area contributed by atoms with Gasteiger partial charge in [0.15, 0.2) is 0 Å². The van der Waals surface area contributed by atoms with Gasteiger partial charge in [-0.2, -0.15) is 0 Å². The van der Waals surface area contributed by atoms with E-state index in [1.54, 1.807) is 6.20 Å². The zero-order chi connectivity index (χ0) is 29.0. The molecule has 13 heteroatoms. The number of nitrogens with one attached hydrogen (secondary N) is 4. The van der Waals surface area contributed by atoms with Gasteiger partial charge in [0, 0.05) is 51.2 Å². The molecule has 0 saturated heterocycles. The summed E-state index contributed by atoms with van der Waals surface area (Å²) in [5.41, 5.74) is 2.48. The third kappa shape index (κ3) is 6.07. The van der Waals surface area contributed by atoms with Crippen molar-refractivity contribution in [1.82, 2.24) is 40.8 Å². The number of H-pyrrole nitrogens is 1. The molecule has 216 valence electrons. The predicted octanol–water partition coefficient (Wildman–Crippen LogP) is 0.0354. The molecule has 0 spiro atoms. The lowest BCUT2D eigenvalue weighted by molar-refractivity contribution is -0.143. The molecule has 4 amide bonds. The van der Waals surface area contributed by atoms with E-state index in [2.05, 4.69) is 31.4 Å². The van der Waals surface area contributed by atoms with E-state index >= 15 is 0 Å². The quantitative estimate of drug-likeness (QED) is 0.300. The van der Waals surface area contributed by atoms with Crippen molar-refractivity contribution in [1.29, 1.82) is 0 Å². The zero-order valence-corrected chi connectivity index (χ0v) is 23.4. The Hall–Kier alpha value is -4.03. The number of hydrogen-bond donors (Lipinski definition) is 4. The molecule has 0 aromatic carbocycles. The smallest absolute Gasteiger partial charge is 0.243 e. The summed E-state index contributed by atoms with van der Waals surface area (Å²) in [6.45, 7) is 4.38. The molecule has 4 rings (SSSR count). The van der Waals surface area contributed by atoms with E-state index in [1.165, 1.54) is 19.0 Å². The lowest BCUT2D eigenvalue weighted by Crippen LogP contribution is -2.55. The Kier molecular flexibility index (Phi) is 9.00. The molecule has 2 aliphatic rings. The van der Waals surface area contributed by atoms with Gasteiger partial charge in [0.05, 0.1) is 18.4 Å². The Balaban J connectivity index is 1.52. The molecule has 1 aliphatic carbocycles. The maximum absolute atomic E-state index is 13.7. The highest BCUT2D eigenvalue weighted by Gasteiger charge is 2.43. The molecule has 2 aromatic heterocycles. The SMILES string of the molecule is CCC(C)C(C(=O)N[C@H]1CCc2ccn3c2C1C(=O)C[C@H](C(=O)NCc1c[nH]nn1)C3)N(C)C(=O)CC(=O)NC. The van der Waals surface area contributed by atoms with Gasteiger partial charge >= 0.3 is 0 Å². The zero-order valence-electron chi connectivity index (χ0n) is 23.4. The van der Waals surface area contributed by atoms with E-state index in [4.69, 9.17) is 0 Å². The molecule has 5 atom stereocenters. The summed E-state index contributed by atoms with van der Waals surface area (Å²) in [4.78, 5) is 66.3. The fraction of sp³-hybridized carbons (Fsp3) is 0.593. The molecule has 0 radical (unpaired) electrons. The fourth-order valence-electron chi connectivity index (χ4n) is 5.77. The first-order chi connectivity index (χ1) is 19.1. The van der Waals surface area contributed by atoms with Gasteiger partial charge in [0.1, 0.15) is 23.9 Å². The first-order valence-corrected chi connectivity index (χ1v) is 13.7. The van der Waals surface area contributed by atoms with Crippen molar-refractivity contribution in [3.8, 4) is 0 Å². The minimum atomic E-state index is -0.800. The van der Waals surface area contributed by atoms with Crippen LogP contribution in [0.2, 0.25) is 0 Å². The number of ketones is 1. The first-order valence-electron chi connectivity index (χ1n) is 13.7. The van der Waals surface area contributed by atoms with Crippen LogP contribution in [0.1, 0.15) is 62.4 Å². The molecule has 0 saturated carbocycles.